The summed E-state index contributed by atoms with van der Waals surface area (Å²) in [6.45, 7) is 4.43. The molecule has 1 aromatic heterocycles. The van der Waals surface area contributed by atoms with Gasteiger partial charge >= 0.3 is 0 Å². The number of nitrogens with one attached hydrogen (secondary N) is 1. The molecule has 3 rings (SSSR count). The van der Waals surface area contributed by atoms with E-state index in [0.717, 1.165) is 28.2 Å². The summed E-state index contributed by atoms with van der Waals surface area (Å²) in [6, 6.07) is 13.1. The molecule has 3 aromatic rings. The number of carbonyl (C=O) groups excluding carboxylic acids is 3. The van der Waals surface area contributed by atoms with Crippen LogP contribution in [0.25, 0.3) is 22.0 Å². The number of hydrogen-bond acceptors (Lipinski definition) is 5. The van der Waals surface area contributed by atoms with Crippen molar-refractivity contribution < 1.29 is 14.4 Å². The Hall–Kier alpha value is -3.84. The van der Waals surface area contributed by atoms with Crippen LogP contribution in [0.15, 0.2) is 60.8 Å². The van der Waals surface area contributed by atoms with Gasteiger partial charge in [-0.3, -0.25) is 24.3 Å². The number of rotatable bonds is 8. The smallest absolute Gasteiger partial charge is 0.252 e. The molecule has 0 unspecified atom stereocenters. The molecular formula is C24H24N4O3. The molecule has 2 amide bonds. The van der Waals surface area contributed by atoms with Crippen molar-refractivity contribution in [2.75, 3.05) is 20.6 Å². The minimum Gasteiger partial charge on any atom is -0.366 e. The maximum absolute atomic E-state index is 11.7. The molecule has 0 saturated carbocycles. The lowest BCUT2D eigenvalue weighted by molar-refractivity contribution is -0.114. The summed E-state index contributed by atoms with van der Waals surface area (Å²) in [4.78, 5) is 41.1. The Labute approximate surface area is 180 Å². The molecule has 31 heavy (non-hydrogen) atoms. The van der Waals surface area contributed by atoms with E-state index in [0.29, 0.717) is 35.5 Å². The van der Waals surface area contributed by atoms with Gasteiger partial charge in [0.05, 0.1) is 11.3 Å². The summed E-state index contributed by atoms with van der Waals surface area (Å²) >= 11 is 0. The van der Waals surface area contributed by atoms with Crippen LogP contribution in [-0.4, -0.2) is 48.6 Å². The van der Waals surface area contributed by atoms with Crippen LogP contribution < -0.4 is 11.1 Å². The number of carbonyl (C=O) groups is 3. The molecule has 158 valence electrons. The summed E-state index contributed by atoms with van der Waals surface area (Å²) in [5.41, 5.74) is 9.07. The van der Waals surface area contributed by atoms with Crippen molar-refractivity contribution in [3.05, 3.63) is 77.5 Å². The van der Waals surface area contributed by atoms with Crippen molar-refractivity contribution in [3.63, 3.8) is 0 Å². The van der Waals surface area contributed by atoms with Crippen LogP contribution >= 0.6 is 0 Å². The zero-order valence-electron chi connectivity index (χ0n) is 17.5. The largest absolute Gasteiger partial charge is 0.366 e. The van der Waals surface area contributed by atoms with Crippen LogP contribution in [0.5, 0.6) is 0 Å². The second kappa shape index (κ2) is 9.32. The van der Waals surface area contributed by atoms with Gasteiger partial charge in [0, 0.05) is 43.0 Å². The maximum atomic E-state index is 11.7. The van der Waals surface area contributed by atoms with Gasteiger partial charge in [-0.2, -0.15) is 0 Å². The molecule has 0 saturated heterocycles. The molecule has 0 spiro atoms. The fraction of sp³-hybridized carbons (Fsp3) is 0.167. The number of nitrogens with zero attached hydrogens (tertiary/aromatic N) is 2. The molecule has 7 heteroatoms. The number of hydrogen-bond donors (Lipinski definition) is 2. The maximum Gasteiger partial charge on any atom is 0.252 e. The predicted octanol–water partition coefficient (Wildman–Crippen LogP) is 2.55. The minimum atomic E-state index is -0.547. The zero-order chi connectivity index (χ0) is 22.5. The molecule has 0 aliphatic heterocycles. The van der Waals surface area contributed by atoms with Crippen molar-refractivity contribution in [1.82, 2.24) is 15.2 Å². The quantitative estimate of drug-likeness (QED) is 0.434. The Balaban J connectivity index is 2.01. The van der Waals surface area contributed by atoms with Crippen LogP contribution in [0.4, 0.5) is 0 Å². The summed E-state index contributed by atoms with van der Waals surface area (Å²) in [5, 5.41) is 4.46. The van der Waals surface area contributed by atoms with Crippen LogP contribution in [0.1, 0.15) is 26.3 Å². The van der Waals surface area contributed by atoms with E-state index >= 15 is 0 Å². The number of primary amides is 1. The van der Waals surface area contributed by atoms with E-state index < -0.39 is 5.91 Å². The molecule has 0 bridgehead atoms. The number of benzene rings is 2. The molecule has 2 aromatic carbocycles. The van der Waals surface area contributed by atoms with E-state index in [4.69, 9.17) is 5.73 Å². The van der Waals surface area contributed by atoms with Gasteiger partial charge in [0.2, 0.25) is 5.91 Å². The second-order valence-electron chi connectivity index (χ2n) is 7.34. The van der Waals surface area contributed by atoms with E-state index in [1.54, 1.807) is 25.2 Å². The number of likely N-dealkylation sites (N-methyl/N-ethyl adjacent to an activating group) is 1. The van der Waals surface area contributed by atoms with Gasteiger partial charge < -0.3 is 11.1 Å². The molecule has 7 nitrogen and oxygen atoms in total. The molecule has 0 aliphatic rings. The van der Waals surface area contributed by atoms with E-state index in [1.165, 1.54) is 6.20 Å². The first-order valence-corrected chi connectivity index (χ1v) is 9.69. The summed E-state index contributed by atoms with van der Waals surface area (Å²) in [6.07, 6.45) is 2.36. The second-order valence-corrected chi connectivity index (χ2v) is 7.34. The topological polar surface area (TPSA) is 105 Å². The fourth-order valence-corrected chi connectivity index (χ4v) is 3.42. The molecular weight excluding hydrogens is 392 g/mol. The molecule has 0 fully saturated rings. The van der Waals surface area contributed by atoms with Gasteiger partial charge in [0.25, 0.3) is 5.91 Å². The Morgan fingerprint density at radius 1 is 1.19 bits per heavy atom. The molecule has 0 radical (unpaired) electrons. The number of nitrogens with two attached hydrogens (primary N) is 1. The van der Waals surface area contributed by atoms with E-state index in [2.05, 4.69) is 16.9 Å². The molecule has 0 aliphatic carbocycles. The predicted molar refractivity (Wildman–Crippen MR) is 121 cm³/mol. The van der Waals surface area contributed by atoms with Crippen LogP contribution in [0, 0.1) is 0 Å². The first kappa shape index (κ1) is 21.9. The highest BCUT2D eigenvalue weighted by Crippen LogP contribution is 2.28. The Morgan fingerprint density at radius 3 is 2.55 bits per heavy atom. The van der Waals surface area contributed by atoms with Gasteiger partial charge in [0.15, 0.2) is 0 Å². The van der Waals surface area contributed by atoms with Crippen molar-refractivity contribution in [2.45, 2.75) is 6.54 Å². The van der Waals surface area contributed by atoms with Gasteiger partial charge in [0.1, 0.15) is 6.29 Å². The fourth-order valence-electron chi connectivity index (χ4n) is 3.42. The van der Waals surface area contributed by atoms with Gasteiger partial charge in [-0.05, 0) is 41.6 Å². The zero-order valence-corrected chi connectivity index (χ0v) is 17.5. The number of amides is 2. The van der Waals surface area contributed by atoms with Crippen LogP contribution in [-0.2, 0) is 11.3 Å². The van der Waals surface area contributed by atoms with E-state index in [9.17, 15) is 14.4 Å². The molecule has 0 atom stereocenters. The average Bonchev–Trinajstić information content (AvgIpc) is 2.78. The highest BCUT2D eigenvalue weighted by atomic mass is 16.2. The third-order valence-corrected chi connectivity index (χ3v) is 5.08. The highest BCUT2D eigenvalue weighted by Gasteiger charge is 2.14. The van der Waals surface area contributed by atoms with Gasteiger partial charge in [-0.25, -0.2) is 0 Å². The third-order valence-electron chi connectivity index (χ3n) is 5.08. The van der Waals surface area contributed by atoms with E-state index in [-0.39, 0.29) is 5.91 Å². The number of aromatic nitrogens is 1. The standard InChI is InChI=1S/C24H24N4O3/c1-15(23(25)30)12-28(3)13-21-19(14-29)7-5-16-4-6-17(10-20(16)21)22-9-8-18(11-27-22)24(31)26-2/h4-11,14H,1,12-13H2,2-3H3,(H2,25,30)(H,26,31). The first-order valence-electron chi connectivity index (χ1n) is 9.69. The van der Waals surface area contributed by atoms with Gasteiger partial charge in [-0.1, -0.05) is 30.8 Å². The Kier molecular flexibility index (Phi) is 6.57. The van der Waals surface area contributed by atoms with Crippen LogP contribution in [0.3, 0.4) is 0 Å². The third kappa shape index (κ3) is 4.84. The average molecular weight is 416 g/mol. The number of pyridine rings is 1. The Bertz CT molecular complexity index is 1170. The molecule has 1 heterocycles. The Morgan fingerprint density at radius 2 is 1.94 bits per heavy atom. The first-order chi connectivity index (χ1) is 14.8. The normalized spacial score (nSPS) is 10.8. The monoisotopic (exact) mass is 416 g/mol. The lowest BCUT2D eigenvalue weighted by Crippen LogP contribution is -2.27. The van der Waals surface area contributed by atoms with Crippen LogP contribution in [0.2, 0.25) is 0 Å². The van der Waals surface area contributed by atoms with Crippen molar-refractivity contribution in [1.29, 1.82) is 0 Å². The SMILES string of the molecule is C=C(CN(C)Cc1c(C=O)ccc2ccc(-c3ccc(C(=O)NC)cn3)cc12)C(N)=O. The lowest BCUT2D eigenvalue weighted by Gasteiger charge is -2.20. The minimum absolute atomic E-state index is 0.198. The van der Waals surface area contributed by atoms with Crippen molar-refractivity contribution in [2.24, 2.45) is 5.73 Å². The van der Waals surface area contributed by atoms with Crippen molar-refractivity contribution in [3.8, 4) is 11.3 Å². The number of aldehydes is 1. The van der Waals surface area contributed by atoms with Crippen molar-refractivity contribution >= 4 is 28.9 Å². The number of fused-ring (bicyclic) bond motifs is 1. The lowest BCUT2D eigenvalue weighted by atomic mass is 9.96. The summed E-state index contributed by atoms with van der Waals surface area (Å²) in [7, 11) is 3.41. The van der Waals surface area contributed by atoms with E-state index in [1.807, 2.05) is 36.2 Å². The summed E-state index contributed by atoms with van der Waals surface area (Å²) < 4.78 is 0. The summed E-state index contributed by atoms with van der Waals surface area (Å²) in [5.74, 6) is -0.745. The molecule has 3 N–H and O–H groups in total. The van der Waals surface area contributed by atoms with Gasteiger partial charge in [-0.15, -0.1) is 0 Å². The highest BCUT2D eigenvalue weighted by molar-refractivity contribution is 5.96.